The van der Waals surface area contributed by atoms with E-state index in [0.29, 0.717) is 0 Å². The smallest absolute Gasteiger partial charge is 0.144 e. The molecule has 1 heterocycles. The first kappa shape index (κ1) is 25.7. The summed E-state index contributed by atoms with van der Waals surface area (Å²) in [5.74, 6) is 0.963. The van der Waals surface area contributed by atoms with Crippen molar-refractivity contribution in [2.24, 2.45) is 0 Å². The van der Waals surface area contributed by atoms with Gasteiger partial charge in [-0.1, -0.05) is 98.5 Å². The van der Waals surface area contributed by atoms with Crippen LogP contribution in [0.5, 0.6) is 0 Å². The lowest BCUT2D eigenvalue weighted by Crippen LogP contribution is -2.02. The molecule has 5 rings (SSSR count). The molecule has 0 N–H and O–H groups in total. The number of hydrogen-bond acceptors (Lipinski definition) is 1. The zero-order chi connectivity index (χ0) is 26.5. The van der Waals surface area contributed by atoms with Crippen molar-refractivity contribution in [1.29, 1.82) is 0 Å². The number of hydrogen-bond donors (Lipinski definition) is 0. The van der Waals surface area contributed by atoms with Crippen LogP contribution in [-0.2, 0) is 6.42 Å². The Morgan fingerprint density at radius 1 is 0.632 bits per heavy atom. The molecule has 2 heteroatoms. The number of imidazole rings is 1. The summed E-state index contributed by atoms with van der Waals surface area (Å²) in [6, 6.07) is 31.2. The molecule has 2 nitrogen and oxygen atoms in total. The Morgan fingerprint density at radius 2 is 1.29 bits per heavy atom. The molecule has 0 unspecified atom stereocenters. The van der Waals surface area contributed by atoms with Gasteiger partial charge in [0.1, 0.15) is 5.82 Å². The summed E-state index contributed by atoms with van der Waals surface area (Å²) in [7, 11) is 0. The summed E-state index contributed by atoms with van der Waals surface area (Å²) < 4.78 is 2.24. The average Bonchev–Trinajstić information content (AvgIpc) is 3.41. The quantitative estimate of drug-likeness (QED) is 0.185. The van der Waals surface area contributed by atoms with Crippen LogP contribution in [0.1, 0.15) is 54.9 Å². The molecule has 0 spiro atoms. The molecule has 0 saturated carbocycles. The zero-order valence-corrected chi connectivity index (χ0v) is 23.2. The molecule has 38 heavy (non-hydrogen) atoms. The highest BCUT2D eigenvalue weighted by Gasteiger charge is 2.14. The summed E-state index contributed by atoms with van der Waals surface area (Å²) in [4.78, 5) is 4.78. The fraction of sp³-hybridized carbons (Fsp3) is 0.250. The van der Waals surface area contributed by atoms with E-state index in [1.807, 2.05) is 6.20 Å². The Balaban J connectivity index is 1.42. The van der Waals surface area contributed by atoms with Crippen LogP contribution in [-0.4, -0.2) is 9.55 Å². The minimum absolute atomic E-state index is 0.963. The number of unbranched alkanes of at least 4 members (excludes halogenated alkanes) is 3. The van der Waals surface area contributed by atoms with Gasteiger partial charge in [-0.3, -0.25) is 4.57 Å². The van der Waals surface area contributed by atoms with Gasteiger partial charge in [0.15, 0.2) is 0 Å². The van der Waals surface area contributed by atoms with Gasteiger partial charge in [0.2, 0.25) is 0 Å². The van der Waals surface area contributed by atoms with Gasteiger partial charge in [-0.05, 0) is 90.8 Å². The topological polar surface area (TPSA) is 17.8 Å². The van der Waals surface area contributed by atoms with Crippen molar-refractivity contribution in [3.8, 4) is 39.3 Å². The summed E-state index contributed by atoms with van der Waals surface area (Å²) in [5, 5.41) is 0. The maximum Gasteiger partial charge on any atom is 0.144 e. The van der Waals surface area contributed by atoms with Crippen LogP contribution in [0.3, 0.4) is 0 Å². The van der Waals surface area contributed by atoms with Crippen LogP contribution in [0.25, 0.3) is 39.3 Å². The summed E-state index contributed by atoms with van der Waals surface area (Å²) in [6.45, 7) is 8.81. The van der Waals surface area contributed by atoms with Crippen molar-refractivity contribution in [1.82, 2.24) is 9.55 Å². The molecule has 1 aromatic heterocycles. The maximum absolute atomic E-state index is 4.78. The second-order valence-electron chi connectivity index (χ2n) is 10.5. The standard InChI is InChI=1S/C36H38N2/c1-5-6-7-8-10-29-15-19-31(20-16-29)34-23-27(3)35(28(4)24-34)38-22-21-37-36(38)33-12-9-11-32(25-33)30-17-13-26(2)14-18-30/h9,11-25H,5-8,10H2,1-4H3. The summed E-state index contributed by atoms with van der Waals surface area (Å²) in [5.41, 5.74) is 12.5. The first-order chi connectivity index (χ1) is 18.5. The van der Waals surface area contributed by atoms with E-state index in [2.05, 4.69) is 123 Å². The molecule has 0 radical (unpaired) electrons. The molecule has 0 saturated heterocycles. The molecular weight excluding hydrogens is 460 g/mol. The van der Waals surface area contributed by atoms with Crippen LogP contribution < -0.4 is 0 Å². The second kappa shape index (κ2) is 11.6. The first-order valence-corrected chi connectivity index (χ1v) is 14.0. The maximum atomic E-state index is 4.78. The fourth-order valence-electron chi connectivity index (χ4n) is 5.40. The van der Waals surface area contributed by atoms with E-state index < -0.39 is 0 Å². The molecule has 5 aromatic rings. The van der Waals surface area contributed by atoms with Gasteiger partial charge in [-0.15, -0.1) is 0 Å². The average molecular weight is 499 g/mol. The highest BCUT2D eigenvalue weighted by molar-refractivity contribution is 5.73. The number of rotatable bonds is 9. The molecule has 0 aliphatic rings. The van der Waals surface area contributed by atoms with Gasteiger partial charge in [-0.2, -0.15) is 0 Å². The Morgan fingerprint density at radius 3 is 2.00 bits per heavy atom. The lowest BCUT2D eigenvalue weighted by atomic mass is 9.96. The van der Waals surface area contributed by atoms with E-state index in [1.54, 1.807) is 0 Å². The second-order valence-corrected chi connectivity index (χ2v) is 10.5. The minimum Gasteiger partial charge on any atom is -0.299 e. The van der Waals surface area contributed by atoms with E-state index in [4.69, 9.17) is 4.98 Å². The van der Waals surface area contributed by atoms with E-state index in [0.717, 1.165) is 11.4 Å². The lowest BCUT2D eigenvalue weighted by Gasteiger charge is -2.17. The van der Waals surface area contributed by atoms with Gasteiger partial charge in [0.05, 0.1) is 5.69 Å². The first-order valence-electron chi connectivity index (χ1n) is 14.0. The van der Waals surface area contributed by atoms with Crippen molar-refractivity contribution in [3.63, 3.8) is 0 Å². The van der Waals surface area contributed by atoms with Crippen molar-refractivity contribution in [2.75, 3.05) is 0 Å². The fourth-order valence-corrected chi connectivity index (χ4v) is 5.40. The molecule has 0 aliphatic heterocycles. The normalized spacial score (nSPS) is 11.2. The van der Waals surface area contributed by atoms with E-state index in [-0.39, 0.29) is 0 Å². The Hall–Kier alpha value is -3.91. The van der Waals surface area contributed by atoms with E-state index >= 15 is 0 Å². The van der Waals surface area contributed by atoms with Gasteiger partial charge >= 0.3 is 0 Å². The Bertz CT molecular complexity index is 1480. The largest absolute Gasteiger partial charge is 0.299 e. The molecular formula is C36H38N2. The number of nitrogens with zero attached hydrogens (tertiary/aromatic N) is 2. The minimum atomic E-state index is 0.963. The Kier molecular flexibility index (Phi) is 7.89. The Labute approximate surface area is 228 Å². The predicted octanol–water partition coefficient (Wildman–Crippen LogP) is 9.92. The number of aromatic nitrogens is 2. The van der Waals surface area contributed by atoms with Gasteiger partial charge in [0, 0.05) is 18.0 Å². The molecule has 192 valence electrons. The molecule has 0 atom stereocenters. The van der Waals surface area contributed by atoms with Crippen molar-refractivity contribution < 1.29 is 0 Å². The molecule has 0 amide bonds. The third-order valence-corrected chi connectivity index (χ3v) is 7.48. The lowest BCUT2D eigenvalue weighted by molar-refractivity contribution is 0.667. The zero-order valence-electron chi connectivity index (χ0n) is 23.2. The van der Waals surface area contributed by atoms with Gasteiger partial charge in [-0.25, -0.2) is 4.98 Å². The number of benzene rings is 4. The third-order valence-electron chi connectivity index (χ3n) is 7.48. The van der Waals surface area contributed by atoms with Crippen molar-refractivity contribution in [2.45, 2.75) is 59.8 Å². The highest BCUT2D eigenvalue weighted by Crippen LogP contribution is 2.32. The van der Waals surface area contributed by atoms with Gasteiger partial charge in [0.25, 0.3) is 0 Å². The SMILES string of the molecule is CCCCCCc1ccc(-c2cc(C)c(-n3ccnc3-c3cccc(-c4ccc(C)cc4)c3)c(C)c2)cc1. The van der Waals surface area contributed by atoms with Crippen LogP contribution >= 0.6 is 0 Å². The summed E-state index contributed by atoms with van der Waals surface area (Å²) in [6.07, 6.45) is 10.4. The number of aryl methyl sites for hydroxylation is 4. The van der Waals surface area contributed by atoms with Crippen molar-refractivity contribution >= 4 is 0 Å². The van der Waals surface area contributed by atoms with Crippen molar-refractivity contribution in [3.05, 3.63) is 120 Å². The van der Waals surface area contributed by atoms with Crippen LogP contribution in [0.2, 0.25) is 0 Å². The molecule has 0 fully saturated rings. The van der Waals surface area contributed by atoms with Gasteiger partial charge < -0.3 is 0 Å². The third kappa shape index (κ3) is 5.65. The highest BCUT2D eigenvalue weighted by atomic mass is 15.1. The molecule has 0 bridgehead atoms. The van der Waals surface area contributed by atoms with E-state index in [9.17, 15) is 0 Å². The predicted molar refractivity (Wildman–Crippen MR) is 162 cm³/mol. The monoisotopic (exact) mass is 498 g/mol. The van der Waals surface area contributed by atoms with Crippen LogP contribution in [0, 0.1) is 20.8 Å². The van der Waals surface area contributed by atoms with Crippen LogP contribution in [0.15, 0.2) is 97.3 Å². The van der Waals surface area contributed by atoms with Crippen LogP contribution in [0.4, 0.5) is 0 Å². The summed E-state index contributed by atoms with van der Waals surface area (Å²) >= 11 is 0. The molecule has 4 aromatic carbocycles. The molecule has 0 aliphatic carbocycles. The van der Waals surface area contributed by atoms with E-state index in [1.165, 1.54) is 82.3 Å².